The van der Waals surface area contributed by atoms with Gasteiger partial charge in [-0.3, -0.25) is 4.79 Å². The van der Waals surface area contributed by atoms with Crippen LogP contribution in [0.2, 0.25) is 0 Å². The Balaban J connectivity index is 0.00000225. The van der Waals surface area contributed by atoms with Crippen molar-refractivity contribution in [2.24, 2.45) is 17.6 Å². The van der Waals surface area contributed by atoms with Crippen LogP contribution in [0, 0.1) is 11.8 Å². The van der Waals surface area contributed by atoms with E-state index in [1.54, 1.807) is 0 Å². The SMILES string of the molecule is CC1CCCC(CC(=O)N[C@H](C)CN)C1.Cl. The highest BCUT2D eigenvalue weighted by atomic mass is 35.5. The van der Waals surface area contributed by atoms with Crippen molar-refractivity contribution in [3.05, 3.63) is 0 Å². The number of halogens is 1. The zero-order valence-corrected chi connectivity index (χ0v) is 11.2. The van der Waals surface area contributed by atoms with Gasteiger partial charge < -0.3 is 11.1 Å². The van der Waals surface area contributed by atoms with Crippen LogP contribution < -0.4 is 11.1 Å². The van der Waals surface area contributed by atoms with Crippen molar-refractivity contribution < 1.29 is 4.79 Å². The maximum absolute atomic E-state index is 11.6. The summed E-state index contributed by atoms with van der Waals surface area (Å²) in [6.45, 7) is 4.75. The number of hydrogen-bond donors (Lipinski definition) is 2. The van der Waals surface area contributed by atoms with Gasteiger partial charge in [0, 0.05) is 19.0 Å². The van der Waals surface area contributed by atoms with Crippen LogP contribution in [-0.4, -0.2) is 18.5 Å². The largest absolute Gasteiger partial charge is 0.352 e. The quantitative estimate of drug-likeness (QED) is 0.801. The molecular formula is C12H25ClN2O. The van der Waals surface area contributed by atoms with Gasteiger partial charge in [0.15, 0.2) is 0 Å². The molecule has 2 unspecified atom stereocenters. The van der Waals surface area contributed by atoms with Crippen LogP contribution in [0.15, 0.2) is 0 Å². The third-order valence-corrected chi connectivity index (χ3v) is 3.28. The van der Waals surface area contributed by atoms with E-state index in [-0.39, 0.29) is 24.4 Å². The molecule has 1 fully saturated rings. The maximum Gasteiger partial charge on any atom is 0.220 e. The summed E-state index contributed by atoms with van der Waals surface area (Å²) in [6.07, 6.45) is 5.73. The lowest BCUT2D eigenvalue weighted by atomic mass is 9.81. The molecule has 96 valence electrons. The van der Waals surface area contributed by atoms with Crippen LogP contribution in [0.3, 0.4) is 0 Å². The van der Waals surface area contributed by atoms with E-state index in [0.717, 1.165) is 5.92 Å². The van der Waals surface area contributed by atoms with Crippen LogP contribution in [0.25, 0.3) is 0 Å². The van der Waals surface area contributed by atoms with Crippen molar-refractivity contribution in [3.63, 3.8) is 0 Å². The Morgan fingerprint density at radius 2 is 2.19 bits per heavy atom. The van der Waals surface area contributed by atoms with Gasteiger partial charge in [-0.15, -0.1) is 12.4 Å². The van der Waals surface area contributed by atoms with Crippen molar-refractivity contribution in [2.75, 3.05) is 6.54 Å². The predicted molar refractivity (Wildman–Crippen MR) is 69.6 cm³/mol. The summed E-state index contributed by atoms with van der Waals surface area (Å²) in [5.41, 5.74) is 5.46. The third-order valence-electron chi connectivity index (χ3n) is 3.28. The molecule has 0 bridgehead atoms. The summed E-state index contributed by atoms with van der Waals surface area (Å²) in [6, 6.07) is 0.110. The fraction of sp³-hybridized carbons (Fsp3) is 0.917. The smallest absolute Gasteiger partial charge is 0.220 e. The third kappa shape index (κ3) is 5.71. The van der Waals surface area contributed by atoms with E-state index in [1.165, 1.54) is 25.7 Å². The molecule has 3 nitrogen and oxygen atoms in total. The van der Waals surface area contributed by atoms with Gasteiger partial charge in [0.05, 0.1) is 0 Å². The van der Waals surface area contributed by atoms with E-state index in [0.29, 0.717) is 18.9 Å². The number of amides is 1. The van der Waals surface area contributed by atoms with E-state index >= 15 is 0 Å². The molecule has 0 heterocycles. The fourth-order valence-corrected chi connectivity index (χ4v) is 2.40. The van der Waals surface area contributed by atoms with E-state index < -0.39 is 0 Å². The van der Waals surface area contributed by atoms with E-state index in [2.05, 4.69) is 12.2 Å². The highest BCUT2D eigenvalue weighted by molar-refractivity contribution is 5.85. The Labute approximate surface area is 105 Å². The van der Waals surface area contributed by atoms with Crippen molar-refractivity contribution in [3.8, 4) is 0 Å². The van der Waals surface area contributed by atoms with Crippen molar-refractivity contribution >= 4 is 18.3 Å². The highest BCUT2D eigenvalue weighted by Gasteiger charge is 2.21. The molecule has 0 aromatic rings. The van der Waals surface area contributed by atoms with Gasteiger partial charge >= 0.3 is 0 Å². The molecule has 0 radical (unpaired) electrons. The summed E-state index contributed by atoms with van der Waals surface area (Å²) in [5, 5.41) is 2.93. The Morgan fingerprint density at radius 3 is 2.75 bits per heavy atom. The number of nitrogens with one attached hydrogen (secondary N) is 1. The number of nitrogens with two attached hydrogens (primary N) is 1. The Kier molecular flexibility index (Phi) is 7.77. The van der Waals surface area contributed by atoms with Gasteiger partial charge in [0.2, 0.25) is 5.91 Å². The minimum absolute atomic E-state index is 0. The number of carbonyl (C=O) groups is 1. The van der Waals surface area contributed by atoms with E-state index in [1.807, 2.05) is 6.92 Å². The first-order chi connectivity index (χ1) is 7.11. The summed E-state index contributed by atoms with van der Waals surface area (Å²) < 4.78 is 0. The molecule has 1 aliphatic rings. The summed E-state index contributed by atoms with van der Waals surface area (Å²) in [5.74, 6) is 1.56. The first-order valence-electron chi connectivity index (χ1n) is 6.11. The molecular weight excluding hydrogens is 224 g/mol. The highest BCUT2D eigenvalue weighted by Crippen LogP contribution is 2.30. The topological polar surface area (TPSA) is 55.1 Å². The second-order valence-corrected chi connectivity index (χ2v) is 5.05. The molecule has 16 heavy (non-hydrogen) atoms. The average molecular weight is 249 g/mol. The molecule has 0 aromatic heterocycles. The van der Waals surface area contributed by atoms with Crippen LogP contribution in [-0.2, 0) is 4.79 Å². The van der Waals surface area contributed by atoms with Gasteiger partial charge in [-0.25, -0.2) is 0 Å². The fourth-order valence-electron chi connectivity index (χ4n) is 2.40. The molecule has 1 amide bonds. The minimum Gasteiger partial charge on any atom is -0.352 e. The molecule has 3 N–H and O–H groups in total. The molecule has 3 atom stereocenters. The lowest BCUT2D eigenvalue weighted by Gasteiger charge is -2.26. The Bertz CT molecular complexity index is 211. The van der Waals surface area contributed by atoms with Gasteiger partial charge in [0.1, 0.15) is 0 Å². The Morgan fingerprint density at radius 1 is 1.50 bits per heavy atom. The lowest BCUT2D eigenvalue weighted by Crippen LogP contribution is -2.38. The molecule has 0 aliphatic heterocycles. The molecule has 1 rings (SSSR count). The van der Waals surface area contributed by atoms with Crippen LogP contribution in [0.5, 0.6) is 0 Å². The molecule has 0 aromatic carbocycles. The standard InChI is InChI=1S/C12H24N2O.ClH/c1-9-4-3-5-11(6-9)7-12(15)14-10(2)8-13;/h9-11H,3-8,13H2,1-2H3,(H,14,15);1H/t9?,10-,11?;/m1./s1. The van der Waals surface area contributed by atoms with Crippen molar-refractivity contribution in [2.45, 2.75) is 52.0 Å². The molecule has 0 spiro atoms. The average Bonchev–Trinajstić information content (AvgIpc) is 2.17. The first kappa shape index (κ1) is 15.7. The molecule has 1 aliphatic carbocycles. The predicted octanol–water partition coefficient (Wildman–Crippen LogP) is 2.09. The summed E-state index contributed by atoms with van der Waals surface area (Å²) >= 11 is 0. The molecule has 0 saturated heterocycles. The van der Waals surface area contributed by atoms with Gasteiger partial charge in [-0.05, 0) is 31.6 Å². The first-order valence-corrected chi connectivity index (χ1v) is 6.11. The van der Waals surface area contributed by atoms with Crippen molar-refractivity contribution in [1.82, 2.24) is 5.32 Å². The maximum atomic E-state index is 11.6. The number of hydrogen-bond acceptors (Lipinski definition) is 2. The number of rotatable bonds is 4. The zero-order valence-electron chi connectivity index (χ0n) is 10.4. The minimum atomic E-state index is 0. The summed E-state index contributed by atoms with van der Waals surface area (Å²) in [4.78, 5) is 11.6. The van der Waals surface area contributed by atoms with Crippen LogP contribution in [0.4, 0.5) is 0 Å². The van der Waals surface area contributed by atoms with Crippen molar-refractivity contribution in [1.29, 1.82) is 0 Å². The second kappa shape index (κ2) is 7.91. The van der Waals surface area contributed by atoms with Gasteiger partial charge in [-0.1, -0.05) is 19.8 Å². The van der Waals surface area contributed by atoms with Crippen LogP contribution in [0.1, 0.15) is 46.0 Å². The van der Waals surface area contributed by atoms with E-state index in [9.17, 15) is 4.79 Å². The second-order valence-electron chi connectivity index (χ2n) is 5.05. The van der Waals surface area contributed by atoms with Gasteiger partial charge in [-0.2, -0.15) is 0 Å². The number of carbonyl (C=O) groups excluding carboxylic acids is 1. The monoisotopic (exact) mass is 248 g/mol. The molecule has 1 saturated carbocycles. The Hall–Kier alpha value is -0.280. The summed E-state index contributed by atoms with van der Waals surface area (Å²) in [7, 11) is 0. The molecule has 4 heteroatoms. The zero-order chi connectivity index (χ0) is 11.3. The van der Waals surface area contributed by atoms with E-state index in [4.69, 9.17) is 5.73 Å². The normalized spacial score (nSPS) is 26.7. The van der Waals surface area contributed by atoms with Gasteiger partial charge in [0.25, 0.3) is 0 Å². The van der Waals surface area contributed by atoms with Crippen LogP contribution >= 0.6 is 12.4 Å². The lowest BCUT2D eigenvalue weighted by molar-refractivity contribution is -0.122.